The summed E-state index contributed by atoms with van der Waals surface area (Å²) in [5, 5.41) is 2.98. The monoisotopic (exact) mass is 347 g/mol. The van der Waals surface area contributed by atoms with Crippen LogP contribution >= 0.6 is 0 Å². The Labute approximate surface area is 152 Å². The molecule has 1 aromatic carbocycles. The van der Waals surface area contributed by atoms with Crippen molar-refractivity contribution in [2.45, 2.75) is 39.2 Å². The van der Waals surface area contributed by atoms with Gasteiger partial charge in [0.2, 0.25) is 5.91 Å². The zero-order valence-electron chi connectivity index (χ0n) is 15.8. The average molecular weight is 348 g/mol. The molecule has 140 valence electrons. The maximum absolute atomic E-state index is 11.7. The van der Waals surface area contributed by atoms with Gasteiger partial charge in [-0.1, -0.05) is 31.9 Å². The highest BCUT2D eigenvalue weighted by atomic mass is 16.5. The highest BCUT2D eigenvalue weighted by Crippen LogP contribution is 2.12. The van der Waals surface area contributed by atoms with Gasteiger partial charge in [0.15, 0.2) is 0 Å². The number of hydrogen-bond donors (Lipinski definition) is 1. The van der Waals surface area contributed by atoms with Crippen LogP contribution in [0.4, 0.5) is 0 Å². The van der Waals surface area contributed by atoms with Gasteiger partial charge in [0.05, 0.1) is 0 Å². The third-order valence-corrected chi connectivity index (χ3v) is 4.69. The van der Waals surface area contributed by atoms with E-state index in [1.54, 1.807) is 0 Å². The van der Waals surface area contributed by atoms with E-state index in [4.69, 9.17) is 4.74 Å². The summed E-state index contributed by atoms with van der Waals surface area (Å²) >= 11 is 0. The largest absolute Gasteiger partial charge is 0.492 e. The minimum absolute atomic E-state index is 0.140. The van der Waals surface area contributed by atoms with Crippen molar-refractivity contribution < 1.29 is 9.53 Å². The highest BCUT2D eigenvalue weighted by molar-refractivity contribution is 5.75. The summed E-state index contributed by atoms with van der Waals surface area (Å²) in [5.74, 6) is 1.04. The number of nitrogens with zero attached hydrogens (tertiary/aromatic N) is 2. The first kappa shape index (κ1) is 19.7. The van der Waals surface area contributed by atoms with Crippen LogP contribution in [0, 0.1) is 0 Å². The molecule has 0 bridgehead atoms. The molecule has 0 atom stereocenters. The lowest BCUT2D eigenvalue weighted by molar-refractivity contribution is -0.121. The number of nitrogens with one attached hydrogen (secondary N) is 1. The number of ether oxygens (including phenoxy) is 1. The van der Waals surface area contributed by atoms with Gasteiger partial charge in [-0.05, 0) is 31.2 Å². The molecule has 1 aromatic rings. The molecule has 1 aliphatic heterocycles. The maximum Gasteiger partial charge on any atom is 0.220 e. The molecule has 1 saturated heterocycles. The Balaban J connectivity index is 1.61. The number of amides is 1. The van der Waals surface area contributed by atoms with Gasteiger partial charge in [-0.3, -0.25) is 9.69 Å². The molecule has 0 aromatic heterocycles. The summed E-state index contributed by atoms with van der Waals surface area (Å²) in [5.41, 5.74) is 1.11. The van der Waals surface area contributed by atoms with Gasteiger partial charge in [-0.15, -0.1) is 0 Å². The fourth-order valence-corrected chi connectivity index (χ4v) is 2.89. The number of piperazine rings is 1. The van der Waals surface area contributed by atoms with E-state index in [1.807, 2.05) is 24.3 Å². The topological polar surface area (TPSA) is 44.8 Å². The van der Waals surface area contributed by atoms with Gasteiger partial charge >= 0.3 is 0 Å². The van der Waals surface area contributed by atoms with E-state index in [0.29, 0.717) is 13.0 Å². The van der Waals surface area contributed by atoms with Gasteiger partial charge in [-0.2, -0.15) is 0 Å². The minimum Gasteiger partial charge on any atom is -0.492 e. The Morgan fingerprint density at radius 1 is 1.12 bits per heavy atom. The highest BCUT2D eigenvalue weighted by Gasteiger charge is 2.13. The van der Waals surface area contributed by atoms with E-state index in [1.165, 1.54) is 0 Å². The Hall–Kier alpha value is -1.59. The summed E-state index contributed by atoms with van der Waals surface area (Å²) in [7, 11) is 2.17. The summed E-state index contributed by atoms with van der Waals surface area (Å²) in [6, 6.07) is 8.03. The van der Waals surface area contributed by atoms with Crippen molar-refractivity contribution in [1.29, 1.82) is 0 Å². The minimum atomic E-state index is 0.140. The number of benzene rings is 1. The molecule has 1 N–H and O–H groups in total. The fraction of sp³-hybridized carbons (Fsp3) is 0.650. The number of hydrogen-bond acceptors (Lipinski definition) is 4. The van der Waals surface area contributed by atoms with Gasteiger partial charge in [0.25, 0.3) is 0 Å². The fourth-order valence-electron chi connectivity index (χ4n) is 2.89. The predicted octanol–water partition coefficient (Wildman–Crippen LogP) is 2.51. The summed E-state index contributed by atoms with van der Waals surface area (Å²) < 4.78 is 5.84. The quantitative estimate of drug-likeness (QED) is 0.661. The summed E-state index contributed by atoms with van der Waals surface area (Å²) in [6.07, 6.45) is 3.86. The predicted molar refractivity (Wildman–Crippen MR) is 102 cm³/mol. The molecule has 0 radical (unpaired) electrons. The SMILES string of the molecule is CCCCCC(=O)NCc1ccc(OCCN2CCN(C)CC2)cc1. The first-order valence-electron chi connectivity index (χ1n) is 9.56. The summed E-state index contributed by atoms with van der Waals surface area (Å²) in [4.78, 5) is 16.5. The lowest BCUT2D eigenvalue weighted by Gasteiger charge is -2.32. The van der Waals surface area contributed by atoms with Crippen LogP contribution < -0.4 is 10.1 Å². The second-order valence-corrected chi connectivity index (χ2v) is 6.87. The molecular weight excluding hydrogens is 314 g/mol. The molecule has 2 rings (SSSR count). The summed E-state index contributed by atoms with van der Waals surface area (Å²) in [6.45, 7) is 8.95. The van der Waals surface area contributed by atoms with Crippen molar-refractivity contribution >= 4 is 5.91 Å². The number of rotatable bonds is 10. The Kier molecular flexibility index (Phi) is 8.77. The zero-order chi connectivity index (χ0) is 17.9. The van der Waals surface area contributed by atoms with Gasteiger partial charge < -0.3 is 15.0 Å². The zero-order valence-corrected chi connectivity index (χ0v) is 15.8. The van der Waals surface area contributed by atoms with Crippen molar-refractivity contribution in [3.8, 4) is 5.75 Å². The molecule has 5 heteroatoms. The molecular formula is C20H33N3O2. The van der Waals surface area contributed by atoms with Crippen molar-refractivity contribution in [3.05, 3.63) is 29.8 Å². The van der Waals surface area contributed by atoms with Crippen LogP contribution in [0.5, 0.6) is 5.75 Å². The van der Waals surface area contributed by atoms with Crippen molar-refractivity contribution in [2.24, 2.45) is 0 Å². The second kappa shape index (κ2) is 11.1. The van der Waals surface area contributed by atoms with Gasteiger partial charge in [0.1, 0.15) is 12.4 Å². The number of carbonyl (C=O) groups is 1. The van der Waals surface area contributed by atoms with E-state index < -0.39 is 0 Å². The van der Waals surface area contributed by atoms with Crippen molar-refractivity contribution in [1.82, 2.24) is 15.1 Å². The van der Waals surface area contributed by atoms with E-state index in [9.17, 15) is 4.79 Å². The number of carbonyl (C=O) groups excluding carboxylic acids is 1. The molecule has 5 nitrogen and oxygen atoms in total. The van der Waals surface area contributed by atoms with Gasteiger partial charge in [0, 0.05) is 45.7 Å². The van der Waals surface area contributed by atoms with Crippen LogP contribution in [-0.2, 0) is 11.3 Å². The lowest BCUT2D eigenvalue weighted by Crippen LogP contribution is -2.45. The van der Waals surface area contributed by atoms with Gasteiger partial charge in [-0.25, -0.2) is 0 Å². The molecule has 25 heavy (non-hydrogen) atoms. The number of unbranched alkanes of at least 4 members (excludes halogenated alkanes) is 2. The van der Waals surface area contributed by atoms with E-state index >= 15 is 0 Å². The molecule has 1 amide bonds. The van der Waals surface area contributed by atoms with E-state index in [2.05, 4.69) is 29.1 Å². The van der Waals surface area contributed by atoms with Crippen LogP contribution in [0.1, 0.15) is 38.2 Å². The maximum atomic E-state index is 11.7. The van der Waals surface area contributed by atoms with Crippen LogP contribution in [0.2, 0.25) is 0 Å². The molecule has 0 saturated carbocycles. The third kappa shape index (κ3) is 7.88. The molecule has 1 heterocycles. The standard InChI is InChI=1S/C20H33N3O2/c1-3-4-5-6-20(24)21-17-18-7-9-19(10-8-18)25-16-15-23-13-11-22(2)12-14-23/h7-10H,3-6,11-17H2,1-2H3,(H,21,24). The van der Waals surface area contributed by atoms with E-state index in [-0.39, 0.29) is 5.91 Å². The number of likely N-dealkylation sites (N-methyl/N-ethyl adjacent to an activating group) is 1. The van der Waals surface area contributed by atoms with E-state index in [0.717, 1.165) is 69.9 Å². The molecule has 0 spiro atoms. The molecule has 0 unspecified atom stereocenters. The third-order valence-electron chi connectivity index (χ3n) is 4.69. The molecule has 0 aliphatic carbocycles. The van der Waals surface area contributed by atoms with Crippen molar-refractivity contribution in [3.63, 3.8) is 0 Å². The molecule has 1 aliphatic rings. The van der Waals surface area contributed by atoms with Crippen LogP contribution in [-0.4, -0.2) is 62.1 Å². The second-order valence-electron chi connectivity index (χ2n) is 6.87. The van der Waals surface area contributed by atoms with Crippen LogP contribution in [0.25, 0.3) is 0 Å². The average Bonchev–Trinajstić information content (AvgIpc) is 2.63. The first-order chi connectivity index (χ1) is 12.2. The van der Waals surface area contributed by atoms with Crippen LogP contribution in [0.15, 0.2) is 24.3 Å². The van der Waals surface area contributed by atoms with Crippen LogP contribution in [0.3, 0.4) is 0 Å². The smallest absolute Gasteiger partial charge is 0.220 e. The first-order valence-corrected chi connectivity index (χ1v) is 9.56. The Bertz CT molecular complexity index is 496. The Morgan fingerprint density at radius 2 is 1.84 bits per heavy atom. The molecule has 1 fully saturated rings. The lowest BCUT2D eigenvalue weighted by atomic mass is 10.2. The normalized spacial score (nSPS) is 15.9. The Morgan fingerprint density at radius 3 is 2.52 bits per heavy atom. The van der Waals surface area contributed by atoms with Crippen molar-refractivity contribution in [2.75, 3.05) is 46.4 Å².